The molecule has 2 saturated heterocycles. The fraction of sp³-hybridized carbons (Fsp3) is 1.00. The van der Waals surface area contributed by atoms with Crippen LogP contribution in [-0.2, 0) is 14.8 Å². The summed E-state index contributed by atoms with van der Waals surface area (Å²) in [6, 6.07) is 0.122. The van der Waals surface area contributed by atoms with Crippen LogP contribution in [0.5, 0.6) is 0 Å². The molecule has 5 nitrogen and oxygen atoms in total. The van der Waals surface area contributed by atoms with Gasteiger partial charge in [-0.25, -0.2) is 8.42 Å². The van der Waals surface area contributed by atoms with Crippen molar-refractivity contribution in [3.8, 4) is 0 Å². The van der Waals surface area contributed by atoms with Crippen LogP contribution in [0.25, 0.3) is 0 Å². The van der Waals surface area contributed by atoms with Gasteiger partial charge in [-0.05, 0) is 33.2 Å². The molecule has 0 radical (unpaired) electrons. The number of hydrogen-bond acceptors (Lipinski definition) is 4. The predicted octanol–water partition coefficient (Wildman–Crippen LogP) is 0.567. The van der Waals surface area contributed by atoms with Gasteiger partial charge in [-0.1, -0.05) is 6.42 Å². The molecule has 0 aromatic heterocycles. The largest absolute Gasteiger partial charge is 0.373 e. The van der Waals surface area contributed by atoms with E-state index < -0.39 is 10.0 Å². The van der Waals surface area contributed by atoms with Gasteiger partial charge in [0.2, 0.25) is 10.0 Å². The van der Waals surface area contributed by atoms with E-state index in [1.807, 2.05) is 13.8 Å². The summed E-state index contributed by atoms with van der Waals surface area (Å²) in [7, 11) is -3.16. The zero-order valence-electron chi connectivity index (χ0n) is 11.3. The highest BCUT2D eigenvalue weighted by Gasteiger charge is 2.32. The van der Waals surface area contributed by atoms with Crippen LogP contribution in [0.3, 0.4) is 0 Å². The molecule has 2 aliphatic heterocycles. The van der Waals surface area contributed by atoms with Gasteiger partial charge in [0.1, 0.15) is 0 Å². The minimum absolute atomic E-state index is 0.0113. The lowest BCUT2D eigenvalue weighted by Gasteiger charge is -2.35. The summed E-state index contributed by atoms with van der Waals surface area (Å²) in [6.45, 7) is 5.77. The Hall–Kier alpha value is -0.170. The quantitative estimate of drug-likeness (QED) is 0.818. The van der Waals surface area contributed by atoms with Gasteiger partial charge in [0.05, 0.1) is 18.0 Å². The lowest BCUT2D eigenvalue weighted by atomic mass is 10.1. The standard InChI is InChI=1S/C12H24N2O3S/c1-10-7-14(8-11(2)17-10)18(15,16)9-12-5-3-4-6-13-12/h10-13H,3-9H2,1-2H3. The molecule has 0 bridgehead atoms. The molecule has 1 N–H and O–H groups in total. The van der Waals surface area contributed by atoms with Crippen molar-refractivity contribution in [1.82, 2.24) is 9.62 Å². The molecular formula is C12H24N2O3S. The molecule has 2 fully saturated rings. The highest BCUT2D eigenvalue weighted by atomic mass is 32.2. The first kappa shape index (κ1) is 14.2. The fourth-order valence-electron chi connectivity index (χ4n) is 2.78. The van der Waals surface area contributed by atoms with Crippen molar-refractivity contribution in [2.45, 2.75) is 51.4 Å². The Morgan fingerprint density at radius 3 is 2.44 bits per heavy atom. The zero-order chi connectivity index (χ0) is 13.2. The molecule has 106 valence electrons. The second-order valence-corrected chi connectivity index (χ2v) is 7.51. The SMILES string of the molecule is CC1CN(S(=O)(=O)CC2CCCCN2)CC(C)O1. The van der Waals surface area contributed by atoms with Crippen molar-refractivity contribution in [3.05, 3.63) is 0 Å². The molecule has 0 spiro atoms. The number of rotatable bonds is 3. The molecule has 3 unspecified atom stereocenters. The summed E-state index contributed by atoms with van der Waals surface area (Å²) < 4.78 is 31.9. The summed E-state index contributed by atoms with van der Waals surface area (Å²) >= 11 is 0. The van der Waals surface area contributed by atoms with E-state index in [1.54, 1.807) is 4.31 Å². The van der Waals surface area contributed by atoms with Crippen LogP contribution >= 0.6 is 0 Å². The van der Waals surface area contributed by atoms with E-state index in [2.05, 4.69) is 5.32 Å². The monoisotopic (exact) mass is 276 g/mol. The van der Waals surface area contributed by atoms with Crippen LogP contribution in [0.2, 0.25) is 0 Å². The Bertz CT molecular complexity index is 356. The maximum atomic E-state index is 12.4. The van der Waals surface area contributed by atoms with Crippen LogP contribution in [0.15, 0.2) is 0 Å². The van der Waals surface area contributed by atoms with Crippen molar-refractivity contribution in [1.29, 1.82) is 0 Å². The first-order chi connectivity index (χ1) is 8.47. The smallest absolute Gasteiger partial charge is 0.215 e. The number of ether oxygens (including phenoxy) is 1. The number of piperidine rings is 1. The lowest BCUT2D eigenvalue weighted by molar-refractivity contribution is -0.0441. The molecule has 18 heavy (non-hydrogen) atoms. The maximum Gasteiger partial charge on any atom is 0.215 e. The summed E-state index contributed by atoms with van der Waals surface area (Å²) in [5.74, 6) is 0.229. The summed E-state index contributed by atoms with van der Waals surface area (Å²) in [4.78, 5) is 0. The van der Waals surface area contributed by atoms with E-state index >= 15 is 0 Å². The third kappa shape index (κ3) is 3.66. The summed E-state index contributed by atoms with van der Waals surface area (Å²) in [5, 5.41) is 3.30. The van der Waals surface area contributed by atoms with Crippen molar-refractivity contribution >= 4 is 10.0 Å². The van der Waals surface area contributed by atoms with Crippen LogP contribution in [0.4, 0.5) is 0 Å². The molecule has 3 atom stereocenters. The first-order valence-corrected chi connectivity index (χ1v) is 8.45. The van der Waals surface area contributed by atoms with Crippen LogP contribution in [-0.4, -0.2) is 56.4 Å². The minimum atomic E-state index is -3.16. The zero-order valence-corrected chi connectivity index (χ0v) is 12.1. The van der Waals surface area contributed by atoms with Gasteiger partial charge in [0, 0.05) is 19.1 Å². The van der Waals surface area contributed by atoms with Crippen LogP contribution < -0.4 is 5.32 Å². The van der Waals surface area contributed by atoms with Gasteiger partial charge < -0.3 is 10.1 Å². The number of hydrogen-bond donors (Lipinski definition) is 1. The van der Waals surface area contributed by atoms with E-state index in [9.17, 15) is 8.42 Å². The van der Waals surface area contributed by atoms with Gasteiger partial charge >= 0.3 is 0 Å². The lowest BCUT2D eigenvalue weighted by Crippen LogP contribution is -2.51. The highest BCUT2D eigenvalue weighted by molar-refractivity contribution is 7.89. The third-order valence-corrected chi connectivity index (χ3v) is 5.51. The summed E-state index contributed by atoms with van der Waals surface area (Å²) in [5.41, 5.74) is 0. The molecule has 0 aromatic carbocycles. The van der Waals surface area contributed by atoms with Gasteiger partial charge in [-0.3, -0.25) is 0 Å². The Kier molecular flexibility index (Phi) is 4.64. The Morgan fingerprint density at radius 1 is 1.22 bits per heavy atom. The molecule has 2 heterocycles. The topological polar surface area (TPSA) is 58.6 Å². The van der Waals surface area contributed by atoms with E-state index in [4.69, 9.17) is 4.74 Å². The van der Waals surface area contributed by atoms with Crippen LogP contribution in [0, 0.1) is 0 Å². The molecule has 6 heteroatoms. The Balaban J connectivity index is 1.96. The minimum Gasteiger partial charge on any atom is -0.373 e. The van der Waals surface area contributed by atoms with Crippen molar-refractivity contribution in [2.75, 3.05) is 25.4 Å². The molecule has 0 aromatic rings. The molecular weight excluding hydrogens is 252 g/mol. The predicted molar refractivity (Wildman–Crippen MR) is 71.0 cm³/mol. The van der Waals surface area contributed by atoms with Gasteiger partial charge in [0.25, 0.3) is 0 Å². The Labute approximate surface area is 110 Å². The van der Waals surface area contributed by atoms with E-state index in [0.29, 0.717) is 13.1 Å². The average molecular weight is 276 g/mol. The van der Waals surface area contributed by atoms with E-state index in [1.165, 1.54) is 0 Å². The fourth-order valence-corrected chi connectivity index (χ4v) is 4.66. The van der Waals surface area contributed by atoms with Gasteiger partial charge in [0.15, 0.2) is 0 Å². The number of nitrogens with one attached hydrogen (secondary N) is 1. The molecule has 0 amide bonds. The highest BCUT2D eigenvalue weighted by Crippen LogP contribution is 2.17. The van der Waals surface area contributed by atoms with Crippen molar-refractivity contribution < 1.29 is 13.2 Å². The second-order valence-electron chi connectivity index (χ2n) is 5.50. The number of morpholine rings is 1. The molecule has 0 aliphatic carbocycles. The van der Waals surface area contributed by atoms with Crippen molar-refractivity contribution in [2.24, 2.45) is 0 Å². The first-order valence-electron chi connectivity index (χ1n) is 6.84. The molecule has 2 aliphatic rings. The van der Waals surface area contributed by atoms with Gasteiger partial charge in [-0.2, -0.15) is 4.31 Å². The third-order valence-electron chi connectivity index (χ3n) is 3.60. The second kappa shape index (κ2) is 5.86. The maximum absolute atomic E-state index is 12.4. The van der Waals surface area contributed by atoms with E-state index in [-0.39, 0.29) is 24.0 Å². The van der Waals surface area contributed by atoms with Crippen molar-refractivity contribution in [3.63, 3.8) is 0 Å². The number of sulfonamides is 1. The van der Waals surface area contributed by atoms with Crippen LogP contribution in [0.1, 0.15) is 33.1 Å². The molecule has 2 rings (SSSR count). The summed E-state index contributed by atoms with van der Waals surface area (Å²) in [6.07, 6.45) is 3.23. The molecule has 0 saturated carbocycles. The number of nitrogens with zero attached hydrogens (tertiary/aromatic N) is 1. The van der Waals surface area contributed by atoms with E-state index in [0.717, 1.165) is 25.8 Å². The Morgan fingerprint density at radius 2 is 1.89 bits per heavy atom. The normalized spacial score (nSPS) is 35.6. The average Bonchev–Trinajstić information content (AvgIpc) is 2.28. The van der Waals surface area contributed by atoms with Gasteiger partial charge in [-0.15, -0.1) is 0 Å².